The van der Waals surface area contributed by atoms with E-state index in [0.29, 0.717) is 22.7 Å². The van der Waals surface area contributed by atoms with Crippen LogP contribution in [-0.4, -0.2) is 25.1 Å². The molecule has 1 amide bonds. The topological polar surface area (TPSA) is 80.4 Å². The van der Waals surface area contributed by atoms with Gasteiger partial charge in [-0.2, -0.15) is 0 Å². The molecule has 3 rings (SSSR count). The van der Waals surface area contributed by atoms with E-state index >= 15 is 0 Å². The molecule has 0 aliphatic heterocycles. The molecule has 2 aromatic carbocycles. The Balaban J connectivity index is 1.78. The molecule has 1 heterocycles. The number of anilines is 1. The van der Waals surface area contributed by atoms with Gasteiger partial charge in [-0.3, -0.25) is 9.59 Å². The number of ether oxygens (including phenoxy) is 2. The highest BCUT2D eigenvalue weighted by atomic mass is 16.5. The summed E-state index contributed by atoms with van der Waals surface area (Å²) >= 11 is 0. The van der Waals surface area contributed by atoms with Gasteiger partial charge in [0, 0.05) is 17.1 Å². The lowest BCUT2D eigenvalue weighted by Crippen LogP contribution is -2.14. The van der Waals surface area contributed by atoms with Gasteiger partial charge in [0.25, 0.3) is 0 Å². The Hall–Kier alpha value is -3.28. The van der Waals surface area contributed by atoms with Crippen molar-refractivity contribution in [2.75, 3.05) is 19.5 Å². The summed E-state index contributed by atoms with van der Waals surface area (Å²) in [5.74, 6) is 1.04. The number of fused-ring (bicyclic) bond motifs is 1. The number of aromatic nitrogens is 1. The van der Waals surface area contributed by atoms with Gasteiger partial charge in [-0.05, 0) is 42.3 Å². The summed E-state index contributed by atoms with van der Waals surface area (Å²) in [5.41, 5.74) is 2.86. The van der Waals surface area contributed by atoms with E-state index in [2.05, 4.69) is 10.3 Å². The molecule has 0 fully saturated rings. The fourth-order valence-electron chi connectivity index (χ4n) is 2.89. The maximum atomic E-state index is 12.4. The SMILES string of the molecule is COc1ccc(CC(=O)Nc2ccc3c(C)cc(=O)[nH]c3c2)cc1OC. The molecule has 26 heavy (non-hydrogen) atoms. The van der Waals surface area contributed by atoms with Crippen molar-refractivity contribution in [1.29, 1.82) is 0 Å². The molecule has 0 aliphatic carbocycles. The number of hydrogen-bond donors (Lipinski definition) is 2. The minimum absolute atomic E-state index is 0.161. The van der Waals surface area contributed by atoms with E-state index in [9.17, 15) is 9.59 Å². The third-order valence-electron chi connectivity index (χ3n) is 4.15. The van der Waals surface area contributed by atoms with E-state index in [4.69, 9.17) is 9.47 Å². The molecule has 0 unspecified atom stereocenters. The van der Waals surface area contributed by atoms with Gasteiger partial charge in [-0.25, -0.2) is 0 Å². The normalized spacial score (nSPS) is 10.6. The van der Waals surface area contributed by atoms with Gasteiger partial charge in [0.15, 0.2) is 11.5 Å². The maximum Gasteiger partial charge on any atom is 0.248 e. The summed E-state index contributed by atoms with van der Waals surface area (Å²) in [4.78, 5) is 26.8. The van der Waals surface area contributed by atoms with Crippen LogP contribution in [0.15, 0.2) is 47.3 Å². The van der Waals surface area contributed by atoms with Crippen LogP contribution >= 0.6 is 0 Å². The van der Waals surface area contributed by atoms with Crippen molar-refractivity contribution in [3.63, 3.8) is 0 Å². The van der Waals surface area contributed by atoms with Crippen LogP contribution in [0.1, 0.15) is 11.1 Å². The number of carbonyl (C=O) groups excluding carboxylic acids is 1. The summed E-state index contributed by atoms with van der Waals surface area (Å²) in [7, 11) is 3.12. The molecule has 134 valence electrons. The predicted octanol–water partition coefficient (Wildman–Crippen LogP) is 3.03. The van der Waals surface area contributed by atoms with Crippen molar-refractivity contribution in [2.24, 2.45) is 0 Å². The van der Waals surface area contributed by atoms with Crippen molar-refractivity contribution in [1.82, 2.24) is 4.98 Å². The molecular weight excluding hydrogens is 332 g/mol. The summed E-state index contributed by atoms with van der Waals surface area (Å²) in [6.07, 6.45) is 0.197. The zero-order valence-corrected chi connectivity index (χ0v) is 14.9. The van der Waals surface area contributed by atoms with Crippen LogP contribution in [0.25, 0.3) is 10.9 Å². The Labute approximate surface area is 150 Å². The molecule has 6 nitrogen and oxygen atoms in total. The third-order valence-corrected chi connectivity index (χ3v) is 4.15. The lowest BCUT2D eigenvalue weighted by molar-refractivity contribution is -0.115. The van der Waals surface area contributed by atoms with Crippen molar-refractivity contribution in [3.05, 3.63) is 63.9 Å². The van der Waals surface area contributed by atoms with Crippen LogP contribution in [0.2, 0.25) is 0 Å². The van der Waals surface area contributed by atoms with Crippen LogP contribution < -0.4 is 20.3 Å². The van der Waals surface area contributed by atoms with Crippen molar-refractivity contribution >= 4 is 22.5 Å². The minimum atomic E-state index is -0.163. The van der Waals surface area contributed by atoms with E-state index < -0.39 is 0 Å². The first-order valence-electron chi connectivity index (χ1n) is 8.14. The number of pyridine rings is 1. The molecule has 0 radical (unpaired) electrons. The van der Waals surface area contributed by atoms with E-state index in [-0.39, 0.29) is 17.9 Å². The fourth-order valence-corrected chi connectivity index (χ4v) is 2.89. The second-order valence-corrected chi connectivity index (χ2v) is 5.99. The molecule has 1 aromatic heterocycles. The highest BCUT2D eigenvalue weighted by Gasteiger charge is 2.09. The highest BCUT2D eigenvalue weighted by Crippen LogP contribution is 2.28. The summed E-state index contributed by atoms with van der Waals surface area (Å²) in [5, 5.41) is 3.80. The first-order chi connectivity index (χ1) is 12.5. The second-order valence-electron chi connectivity index (χ2n) is 5.99. The Kier molecular flexibility index (Phi) is 4.93. The van der Waals surface area contributed by atoms with Crippen molar-refractivity contribution in [3.8, 4) is 11.5 Å². The van der Waals surface area contributed by atoms with E-state index in [1.165, 1.54) is 0 Å². The highest BCUT2D eigenvalue weighted by molar-refractivity contribution is 5.95. The quantitative estimate of drug-likeness (QED) is 0.740. The van der Waals surface area contributed by atoms with Crippen LogP contribution in [0.5, 0.6) is 11.5 Å². The standard InChI is InChI=1S/C20H20N2O4/c1-12-8-19(23)22-16-11-14(5-6-15(12)16)21-20(24)10-13-4-7-17(25-2)18(9-13)26-3/h4-9,11H,10H2,1-3H3,(H,21,24)(H,22,23). The fraction of sp³-hybridized carbons (Fsp3) is 0.200. The van der Waals surface area contributed by atoms with Crippen molar-refractivity contribution < 1.29 is 14.3 Å². The van der Waals surface area contributed by atoms with E-state index in [1.807, 2.05) is 25.1 Å². The Morgan fingerprint density at radius 1 is 1.04 bits per heavy atom. The van der Waals surface area contributed by atoms with Gasteiger partial charge in [0.1, 0.15) is 0 Å². The molecule has 0 atom stereocenters. The predicted molar refractivity (Wildman–Crippen MR) is 101 cm³/mol. The molecule has 3 aromatic rings. The van der Waals surface area contributed by atoms with Gasteiger partial charge in [-0.1, -0.05) is 12.1 Å². The first-order valence-corrected chi connectivity index (χ1v) is 8.14. The number of aryl methyl sites for hydroxylation is 1. The number of nitrogens with one attached hydrogen (secondary N) is 2. The lowest BCUT2D eigenvalue weighted by atomic mass is 10.1. The van der Waals surface area contributed by atoms with Gasteiger partial charge in [0.05, 0.1) is 26.2 Å². The summed E-state index contributed by atoms with van der Waals surface area (Å²) < 4.78 is 10.5. The van der Waals surface area contributed by atoms with Gasteiger partial charge in [0.2, 0.25) is 11.5 Å². The number of amides is 1. The molecule has 0 spiro atoms. The number of H-pyrrole nitrogens is 1. The summed E-state index contributed by atoms with van der Waals surface area (Å²) in [6, 6.07) is 12.4. The molecular formula is C20H20N2O4. The van der Waals surface area contributed by atoms with Crippen molar-refractivity contribution in [2.45, 2.75) is 13.3 Å². The van der Waals surface area contributed by atoms with Crippen LogP contribution in [0, 0.1) is 6.92 Å². The maximum absolute atomic E-state index is 12.4. The Morgan fingerprint density at radius 3 is 2.54 bits per heavy atom. The van der Waals surface area contributed by atoms with Crippen LogP contribution in [0.3, 0.4) is 0 Å². The molecule has 0 aliphatic rings. The number of rotatable bonds is 5. The smallest absolute Gasteiger partial charge is 0.248 e. The number of aromatic amines is 1. The Bertz CT molecular complexity index is 1020. The molecule has 6 heteroatoms. The molecule has 0 saturated carbocycles. The lowest BCUT2D eigenvalue weighted by Gasteiger charge is -2.10. The second kappa shape index (κ2) is 7.31. The summed E-state index contributed by atoms with van der Waals surface area (Å²) in [6.45, 7) is 1.88. The van der Waals surface area contributed by atoms with E-state index in [0.717, 1.165) is 16.5 Å². The molecule has 0 saturated heterocycles. The van der Waals surface area contributed by atoms with E-state index in [1.54, 1.807) is 38.5 Å². The Morgan fingerprint density at radius 2 is 1.81 bits per heavy atom. The number of carbonyl (C=O) groups is 1. The average molecular weight is 352 g/mol. The number of benzene rings is 2. The van der Waals surface area contributed by atoms with Gasteiger partial charge >= 0.3 is 0 Å². The number of methoxy groups -OCH3 is 2. The zero-order valence-electron chi connectivity index (χ0n) is 14.9. The monoisotopic (exact) mass is 352 g/mol. The van der Waals surface area contributed by atoms with Crippen LogP contribution in [0.4, 0.5) is 5.69 Å². The van der Waals surface area contributed by atoms with Crippen LogP contribution in [-0.2, 0) is 11.2 Å². The third kappa shape index (κ3) is 3.69. The first kappa shape index (κ1) is 17.5. The van der Waals surface area contributed by atoms with Gasteiger partial charge in [-0.15, -0.1) is 0 Å². The van der Waals surface area contributed by atoms with Gasteiger partial charge < -0.3 is 19.8 Å². The molecule has 0 bridgehead atoms. The minimum Gasteiger partial charge on any atom is -0.493 e. The number of hydrogen-bond acceptors (Lipinski definition) is 4. The molecule has 2 N–H and O–H groups in total. The average Bonchev–Trinajstić information content (AvgIpc) is 2.61. The largest absolute Gasteiger partial charge is 0.493 e. The zero-order chi connectivity index (χ0) is 18.7.